The summed E-state index contributed by atoms with van der Waals surface area (Å²) in [6.45, 7) is 8.69. The van der Waals surface area contributed by atoms with Crippen LogP contribution in [0.1, 0.15) is 44.8 Å². The number of carboxylic acid groups (broad SMARTS) is 1. The summed E-state index contributed by atoms with van der Waals surface area (Å²) in [5, 5.41) is 10.9. The summed E-state index contributed by atoms with van der Waals surface area (Å²) in [5.74, 6) is 0.0369. The van der Waals surface area contributed by atoms with Gasteiger partial charge < -0.3 is 9.90 Å². The normalized spacial score (nSPS) is 12.8. The van der Waals surface area contributed by atoms with Crippen LogP contribution >= 0.6 is 0 Å². The number of carbonyl (C=O) groups is 1. The van der Waals surface area contributed by atoms with Crippen LogP contribution in [-0.2, 0) is 17.8 Å². The Kier molecular flexibility index (Phi) is 4.10. The smallest absolute Gasteiger partial charge is 0.257 e. The molecule has 90 valence electrons. The molecule has 0 aliphatic rings. The average molecular weight is 224 g/mol. The molecule has 0 radical (unpaired) electrons. The highest BCUT2D eigenvalue weighted by Gasteiger charge is 2.23. The van der Waals surface area contributed by atoms with E-state index in [0.717, 1.165) is 30.9 Å². The van der Waals surface area contributed by atoms with E-state index >= 15 is 0 Å². The van der Waals surface area contributed by atoms with Gasteiger partial charge >= 0.3 is 0 Å². The molecule has 0 aliphatic carbocycles. The first-order valence-electron chi connectivity index (χ1n) is 5.83. The van der Waals surface area contributed by atoms with E-state index in [0.29, 0.717) is 0 Å². The van der Waals surface area contributed by atoms with Crippen molar-refractivity contribution in [3.63, 3.8) is 0 Å². The van der Waals surface area contributed by atoms with Crippen molar-refractivity contribution in [2.24, 2.45) is 0 Å². The standard InChI is InChI=1S/C12H20N2O2/c1-5-7-11-13(6-2)9(3)8-14(11)10(4)12(15)16/h8,10H,5-7H2,1-4H3. The van der Waals surface area contributed by atoms with E-state index in [1.807, 2.05) is 17.7 Å². The maximum Gasteiger partial charge on any atom is 0.257 e. The molecule has 1 rings (SSSR count). The lowest BCUT2D eigenvalue weighted by atomic mass is 10.3. The summed E-state index contributed by atoms with van der Waals surface area (Å²) in [7, 11) is 0. The van der Waals surface area contributed by atoms with Crippen molar-refractivity contribution in [2.45, 2.75) is 53.1 Å². The largest absolute Gasteiger partial charge is 0.546 e. The molecule has 0 N–H and O–H groups in total. The number of imidazole rings is 1. The Hall–Kier alpha value is -1.32. The van der Waals surface area contributed by atoms with E-state index in [-0.39, 0.29) is 0 Å². The Morgan fingerprint density at radius 2 is 2.19 bits per heavy atom. The third kappa shape index (κ3) is 2.26. The molecule has 4 heteroatoms. The number of hydrogen-bond donors (Lipinski definition) is 0. The molecule has 0 aromatic carbocycles. The molecule has 0 amide bonds. The zero-order chi connectivity index (χ0) is 12.3. The molecular formula is C12H20N2O2. The van der Waals surface area contributed by atoms with Gasteiger partial charge in [0.15, 0.2) is 0 Å². The molecule has 0 aliphatic heterocycles. The number of aromatic nitrogens is 2. The number of aryl methyl sites for hydroxylation is 1. The van der Waals surface area contributed by atoms with Crippen LogP contribution < -0.4 is 9.67 Å². The van der Waals surface area contributed by atoms with Crippen molar-refractivity contribution in [3.8, 4) is 0 Å². The first-order chi connectivity index (χ1) is 7.52. The van der Waals surface area contributed by atoms with E-state index in [2.05, 4.69) is 18.4 Å². The minimum Gasteiger partial charge on any atom is -0.546 e. The van der Waals surface area contributed by atoms with Crippen LogP contribution in [0.15, 0.2) is 6.20 Å². The van der Waals surface area contributed by atoms with Crippen molar-refractivity contribution < 1.29 is 14.5 Å². The second-order valence-electron chi connectivity index (χ2n) is 4.08. The van der Waals surface area contributed by atoms with E-state index < -0.39 is 12.0 Å². The van der Waals surface area contributed by atoms with Gasteiger partial charge in [0.05, 0.1) is 12.5 Å². The second-order valence-corrected chi connectivity index (χ2v) is 4.08. The maximum absolute atomic E-state index is 10.9. The minimum absolute atomic E-state index is 0.604. The highest BCUT2D eigenvalue weighted by Crippen LogP contribution is 2.08. The lowest BCUT2D eigenvalue weighted by Gasteiger charge is -2.11. The molecule has 0 saturated heterocycles. The Balaban J connectivity index is 3.22. The SMILES string of the molecule is CCCc1n(CC)c(C)c[n+]1C(C)C(=O)[O-]. The fourth-order valence-corrected chi connectivity index (χ4v) is 2.06. The zero-order valence-corrected chi connectivity index (χ0v) is 10.5. The van der Waals surface area contributed by atoms with E-state index in [4.69, 9.17) is 0 Å². The van der Waals surface area contributed by atoms with Gasteiger partial charge in [0, 0.05) is 13.3 Å². The maximum atomic E-state index is 10.9. The molecular weight excluding hydrogens is 204 g/mol. The van der Waals surface area contributed by atoms with Gasteiger partial charge in [-0.15, -0.1) is 0 Å². The Bertz CT molecular complexity index is 383. The molecule has 16 heavy (non-hydrogen) atoms. The molecule has 1 atom stereocenters. The Labute approximate surface area is 96.5 Å². The zero-order valence-electron chi connectivity index (χ0n) is 10.5. The van der Waals surface area contributed by atoms with Gasteiger partial charge in [-0.05, 0) is 20.3 Å². The lowest BCUT2D eigenvalue weighted by Crippen LogP contribution is -2.49. The fraction of sp³-hybridized carbons (Fsp3) is 0.667. The van der Waals surface area contributed by atoms with Crippen molar-refractivity contribution in [2.75, 3.05) is 0 Å². The molecule has 0 fully saturated rings. The number of nitrogens with zero attached hydrogens (tertiary/aromatic N) is 2. The number of rotatable bonds is 5. The predicted molar refractivity (Wildman–Crippen MR) is 58.8 cm³/mol. The van der Waals surface area contributed by atoms with Crippen molar-refractivity contribution in [3.05, 3.63) is 17.7 Å². The Morgan fingerprint density at radius 3 is 2.62 bits per heavy atom. The van der Waals surface area contributed by atoms with Gasteiger partial charge in [-0.1, -0.05) is 6.92 Å². The molecule has 1 unspecified atom stereocenters. The summed E-state index contributed by atoms with van der Waals surface area (Å²) in [4.78, 5) is 10.9. The molecule has 1 aromatic rings. The first-order valence-corrected chi connectivity index (χ1v) is 5.83. The predicted octanol–water partition coefficient (Wildman–Crippen LogP) is 0.367. The molecule has 4 nitrogen and oxygen atoms in total. The summed E-state index contributed by atoms with van der Waals surface area (Å²) in [5.41, 5.74) is 1.10. The van der Waals surface area contributed by atoms with Crippen molar-refractivity contribution >= 4 is 5.97 Å². The molecule has 0 bridgehead atoms. The van der Waals surface area contributed by atoms with Gasteiger partial charge in [-0.3, -0.25) is 0 Å². The quantitative estimate of drug-likeness (QED) is 0.678. The van der Waals surface area contributed by atoms with Crippen LogP contribution in [0.3, 0.4) is 0 Å². The third-order valence-electron chi connectivity index (χ3n) is 2.91. The van der Waals surface area contributed by atoms with Crippen LogP contribution in [0, 0.1) is 6.92 Å². The first kappa shape index (κ1) is 12.7. The monoisotopic (exact) mass is 224 g/mol. The van der Waals surface area contributed by atoms with Crippen molar-refractivity contribution in [1.82, 2.24) is 4.57 Å². The van der Waals surface area contributed by atoms with Gasteiger partial charge in [0.1, 0.15) is 17.9 Å². The van der Waals surface area contributed by atoms with Gasteiger partial charge in [-0.25, -0.2) is 9.13 Å². The second kappa shape index (κ2) is 5.14. The van der Waals surface area contributed by atoms with Gasteiger partial charge in [-0.2, -0.15) is 0 Å². The topological polar surface area (TPSA) is 48.9 Å². The fourth-order valence-electron chi connectivity index (χ4n) is 2.06. The summed E-state index contributed by atoms with van der Waals surface area (Å²) in [6.07, 6.45) is 3.79. The lowest BCUT2D eigenvalue weighted by molar-refractivity contribution is -0.719. The average Bonchev–Trinajstić information content (AvgIpc) is 2.54. The highest BCUT2D eigenvalue weighted by molar-refractivity contribution is 5.66. The molecule has 0 spiro atoms. The van der Waals surface area contributed by atoms with Crippen LogP contribution in [-0.4, -0.2) is 10.5 Å². The van der Waals surface area contributed by atoms with E-state index in [1.165, 1.54) is 0 Å². The van der Waals surface area contributed by atoms with E-state index in [9.17, 15) is 9.90 Å². The summed E-state index contributed by atoms with van der Waals surface area (Å²) >= 11 is 0. The Morgan fingerprint density at radius 1 is 1.56 bits per heavy atom. The van der Waals surface area contributed by atoms with Crippen LogP contribution in [0.25, 0.3) is 0 Å². The van der Waals surface area contributed by atoms with Crippen LogP contribution in [0.5, 0.6) is 0 Å². The number of carboxylic acids is 1. The van der Waals surface area contributed by atoms with Crippen LogP contribution in [0.4, 0.5) is 0 Å². The summed E-state index contributed by atoms with van der Waals surface area (Å²) in [6, 6.07) is -0.604. The number of carbonyl (C=O) groups excluding carboxylic acids is 1. The van der Waals surface area contributed by atoms with Crippen LogP contribution in [0.2, 0.25) is 0 Å². The highest BCUT2D eigenvalue weighted by atomic mass is 16.4. The van der Waals surface area contributed by atoms with E-state index in [1.54, 1.807) is 6.92 Å². The minimum atomic E-state index is -1.03. The van der Waals surface area contributed by atoms with Gasteiger partial charge in [0.2, 0.25) is 0 Å². The molecule has 0 saturated carbocycles. The van der Waals surface area contributed by atoms with Gasteiger partial charge in [0.25, 0.3) is 5.82 Å². The molecule has 1 heterocycles. The number of aliphatic carboxylic acids is 1. The molecule has 1 aromatic heterocycles. The third-order valence-corrected chi connectivity index (χ3v) is 2.91. The number of hydrogen-bond acceptors (Lipinski definition) is 2. The van der Waals surface area contributed by atoms with Crippen molar-refractivity contribution in [1.29, 1.82) is 0 Å². The summed E-state index contributed by atoms with van der Waals surface area (Å²) < 4.78 is 3.97.